The first-order chi connectivity index (χ1) is 18.8. The highest BCUT2D eigenvalue weighted by atomic mass is 32.2. The van der Waals surface area contributed by atoms with Crippen LogP contribution in [0, 0.1) is 19.8 Å². The van der Waals surface area contributed by atoms with Crippen molar-refractivity contribution in [3.05, 3.63) is 65.2 Å². The van der Waals surface area contributed by atoms with Gasteiger partial charge in [-0.3, -0.25) is 9.69 Å². The summed E-state index contributed by atoms with van der Waals surface area (Å²) in [5.41, 5.74) is 3.88. The lowest BCUT2D eigenvalue weighted by atomic mass is 10.00. The van der Waals surface area contributed by atoms with E-state index in [1.807, 2.05) is 36.9 Å². The Balaban J connectivity index is 1.40. The number of hydrogen-bond donors (Lipinski definition) is 1. The predicted molar refractivity (Wildman–Crippen MR) is 148 cm³/mol. The minimum absolute atomic E-state index is 0.0159. The summed E-state index contributed by atoms with van der Waals surface area (Å²) in [6.45, 7) is 7.57. The zero-order chi connectivity index (χ0) is 27.1. The monoisotopic (exact) mass is 547 g/mol. The van der Waals surface area contributed by atoms with Crippen LogP contribution < -0.4 is 9.46 Å². The molecule has 39 heavy (non-hydrogen) atoms. The van der Waals surface area contributed by atoms with Crippen LogP contribution in [-0.2, 0) is 10.0 Å². The van der Waals surface area contributed by atoms with Gasteiger partial charge in [0.15, 0.2) is 0 Å². The second-order valence-electron chi connectivity index (χ2n) is 10.8. The van der Waals surface area contributed by atoms with Gasteiger partial charge in [-0.25, -0.2) is 18.1 Å². The third-order valence-electron chi connectivity index (χ3n) is 7.80. The first kappa shape index (κ1) is 25.8. The third-order valence-corrected chi connectivity index (χ3v) is 9.12. The van der Waals surface area contributed by atoms with Crippen molar-refractivity contribution < 1.29 is 17.9 Å². The number of piperazine rings is 1. The molecule has 0 unspecified atom stereocenters. The summed E-state index contributed by atoms with van der Waals surface area (Å²) >= 11 is 0. The predicted octanol–water partition coefficient (Wildman–Crippen LogP) is 3.88. The Morgan fingerprint density at radius 2 is 1.77 bits per heavy atom. The van der Waals surface area contributed by atoms with Crippen LogP contribution in [0.2, 0.25) is 0 Å². The molecule has 2 aliphatic heterocycles. The summed E-state index contributed by atoms with van der Waals surface area (Å²) in [4.78, 5) is 26.9. The molecular weight excluding hydrogens is 514 g/mol. The van der Waals surface area contributed by atoms with E-state index < -0.39 is 10.0 Å². The lowest BCUT2D eigenvalue weighted by Gasteiger charge is -2.41. The van der Waals surface area contributed by atoms with Gasteiger partial charge in [-0.05, 0) is 61.9 Å². The fraction of sp³-hybridized carbons (Fsp3) is 0.414. The van der Waals surface area contributed by atoms with Crippen molar-refractivity contribution in [2.75, 3.05) is 37.5 Å². The number of carbonyl (C=O) groups is 1. The topological polar surface area (TPSA) is 105 Å². The number of sulfonamides is 1. The summed E-state index contributed by atoms with van der Waals surface area (Å²) in [5, 5.41) is 0. The maximum absolute atomic E-state index is 13.6. The third kappa shape index (κ3) is 5.49. The SMILES string of the molecule is Cc1cccc(C)c1-c1cc2nc(n1)NS(=O)(=O)c1cccc(c1)C(=O)N1CCN(CC3CC3)C[C@@H]1CCO2. The Kier molecular flexibility index (Phi) is 6.76. The maximum atomic E-state index is 13.6. The van der Waals surface area contributed by atoms with E-state index in [1.54, 1.807) is 18.2 Å². The van der Waals surface area contributed by atoms with Crippen LogP contribution >= 0.6 is 0 Å². The number of ether oxygens (including phenoxy) is 1. The van der Waals surface area contributed by atoms with E-state index in [4.69, 9.17) is 4.74 Å². The summed E-state index contributed by atoms with van der Waals surface area (Å²) < 4.78 is 35.4. The summed E-state index contributed by atoms with van der Waals surface area (Å²) in [5.74, 6) is 0.815. The smallest absolute Gasteiger partial charge is 0.264 e. The Morgan fingerprint density at radius 1 is 1.00 bits per heavy atom. The molecule has 1 N–H and O–H groups in total. The molecule has 1 amide bonds. The van der Waals surface area contributed by atoms with Crippen LogP contribution in [0.5, 0.6) is 5.88 Å². The van der Waals surface area contributed by atoms with Crippen molar-refractivity contribution in [3.8, 4) is 17.1 Å². The molecule has 1 aromatic heterocycles. The van der Waals surface area contributed by atoms with Gasteiger partial charge in [-0.2, -0.15) is 4.98 Å². The van der Waals surface area contributed by atoms with E-state index in [-0.39, 0.29) is 28.7 Å². The molecule has 4 bridgehead atoms. The van der Waals surface area contributed by atoms with E-state index in [0.717, 1.165) is 42.2 Å². The van der Waals surface area contributed by atoms with Crippen LogP contribution in [0.1, 0.15) is 40.7 Å². The number of aryl methyl sites for hydroxylation is 2. The van der Waals surface area contributed by atoms with Crippen molar-refractivity contribution in [2.45, 2.75) is 44.0 Å². The number of hydrogen-bond acceptors (Lipinski definition) is 7. The van der Waals surface area contributed by atoms with Crippen LogP contribution in [0.3, 0.4) is 0 Å². The van der Waals surface area contributed by atoms with Gasteiger partial charge in [0.05, 0.1) is 17.2 Å². The zero-order valence-electron chi connectivity index (χ0n) is 22.3. The molecule has 3 aromatic rings. The molecule has 3 heterocycles. The molecule has 1 atom stereocenters. The number of nitrogens with one attached hydrogen (secondary N) is 1. The largest absolute Gasteiger partial charge is 0.477 e. The number of aromatic nitrogens is 2. The molecule has 1 aliphatic carbocycles. The molecular formula is C29H33N5O4S. The van der Waals surface area contributed by atoms with Gasteiger partial charge in [0.25, 0.3) is 15.9 Å². The lowest BCUT2D eigenvalue weighted by Crippen LogP contribution is -2.55. The minimum Gasteiger partial charge on any atom is -0.477 e. The average Bonchev–Trinajstić information content (AvgIpc) is 3.72. The Hall–Kier alpha value is -3.50. The molecule has 1 saturated carbocycles. The van der Waals surface area contributed by atoms with Crippen molar-refractivity contribution in [1.29, 1.82) is 0 Å². The van der Waals surface area contributed by atoms with Crippen LogP contribution in [-0.4, -0.2) is 72.9 Å². The fourth-order valence-corrected chi connectivity index (χ4v) is 6.59. The number of anilines is 1. The van der Waals surface area contributed by atoms with Crippen molar-refractivity contribution in [1.82, 2.24) is 19.8 Å². The van der Waals surface area contributed by atoms with E-state index >= 15 is 0 Å². The van der Waals surface area contributed by atoms with Gasteiger partial charge < -0.3 is 9.64 Å². The number of fused-ring (bicyclic) bond motifs is 5. The Bertz CT molecular complexity index is 1500. The zero-order valence-corrected chi connectivity index (χ0v) is 23.1. The van der Waals surface area contributed by atoms with Crippen LogP contribution in [0.25, 0.3) is 11.3 Å². The van der Waals surface area contributed by atoms with Crippen molar-refractivity contribution >= 4 is 21.9 Å². The number of amides is 1. The van der Waals surface area contributed by atoms with E-state index in [0.29, 0.717) is 30.8 Å². The second kappa shape index (κ2) is 10.2. The van der Waals surface area contributed by atoms with E-state index in [2.05, 4.69) is 19.6 Å². The molecule has 3 aliphatic rings. The fourth-order valence-electron chi connectivity index (χ4n) is 5.60. The molecule has 2 aromatic carbocycles. The molecule has 0 spiro atoms. The highest BCUT2D eigenvalue weighted by Gasteiger charge is 2.34. The van der Waals surface area contributed by atoms with Gasteiger partial charge in [-0.15, -0.1) is 0 Å². The highest BCUT2D eigenvalue weighted by Crippen LogP contribution is 2.32. The summed E-state index contributed by atoms with van der Waals surface area (Å²) in [6, 6.07) is 13.9. The molecule has 204 valence electrons. The van der Waals surface area contributed by atoms with Gasteiger partial charge in [0, 0.05) is 55.8 Å². The average molecular weight is 548 g/mol. The molecule has 9 nitrogen and oxygen atoms in total. The van der Waals surface area contributed by atoms with Gasteiger partial charge in [0.2, 0.25) is 11.8 Å². The van der Waals surface area contributed by atoms with Gasteiger partial charge in [0.1, 0.15) is 0 Å². The van der Waals surface area contributed by atoms with E-state index in [1.165, 1.54) is 25.0 Å². The Morgan fingerprint density at radius 3 is 2.54 bits per heavy atom. The standard InChI is InChI=1S/C29H33N5O4S/c1-19-5-3-6-20(2)27(19)25-16-26-31-29(30-25)32-39(36,37)24-8-4-7-22(15-24)28(35)34-13-12-33(17-21-9-10-21)18-23(34)11-14-38-26/h3-8,15-16,21,23H,9-14,17-18H2,1-2H3,(H,30,31,32)/t23-/m0/s1. The number of carbonyl (C=O) groups excluding carboxylic acids is 1. The number of nitrogens with zero attached hydrogens (tertiary/aromatic N) is 4. The molecule has 10 heteroatoms. The maximum Gasteiger partial charge on any atom is 0.264 e. The second-order valence-corrected chi connectivity index (χ2v) is 12.5. The minimum atomic E-state index is -4.06. The number of rotatable bonds is 3. The van der Waals surface area contributed by atoms with Crippen LogP contribution in [0.15, 0.2) is 53.4 Å². The normalized spacial score (nSPS) is 21.3. The first-order valence-electron chi connectivity index (χ1n) is 13.5. The molecule has 0 radical (unpaired) electrons. The first-order valence-corrected chi connectivity index (χ1v) is 15.0. The summed E-state index contributed by atoms with van der Waals surface area (Å²) in [6.07, 6.45) is 3.19. The van der Waals surface area contributed by atoms with Crippen LogP contribution in [0.4, 0.5) is 5.95 Å². The number of benzene rings is 2. The van der Waals surface area contributed by atoms with Crippen molar-refractivity contribution in [3.63, 3.8) is 0 Å². The lowest BCUT2D eigenvalue weighted by molar-refractivity contribution is 0.0394. The molecule has 1 saturated heterocycles. The summed E-state index contributed by atoms with van der Waals surface area (Å²) in [7, 11) is -4.06. The van der Waals surface area contributed by atoms with E-state index in [9.17, 15) is 13.2 Å². The van der Waals surface area contributed by atoms with Gasteiger partial charge in [-0.1, -0.05) is 24.3 Å². The van der Waals surface area contributed by atoms with Gasteiger partial charge >= 0.3 is 0 Å². The highest BCUT2D eigenvalue weighted by molar-refractivity contribution is 7.92. The quantitative estimate of drug-likeness (QED) is 0.531. The molecule has 6 rings (SSSR count). The molecule has 2 fully saturated rings. The van der Waals surface area contributed by atoms with Crippen molar-refractivity contribution in [2.24, 2.45) is 5.92 Å². The Labute approximate surface area is 229 Å².